The third-order valence-electron chi connectivity index (χ3n) is 3.30. The predicted molar refractivity (Wildman–Crippen MR) is 85.7 cm³/mol. The van der Waals surface area contributed by atoms with Gasteiger partial charge in [0.05, 0.1) is 25.5 Å². The van der Waals surface area contributed by atoms with Crippen molar-refractivity contribution >= 4 is 11.7 Å². The van der Waals surface area contributed by atoms with Gasteiger partial charge in [0.15, 0.2) is 11.6 Å². The number of carbonyl (C=O) groups excluding carboxylic acids is 1. The van der Waals surface area contributed by atoms with Crippen molar-refractivity contribution in [2.45, 2.75) is 13.8 Å². The van der Waals surface area contributed by atoms with Gasteiger partial charge in [-0.3, -0.25) is 10.4 Å². The molecule has 0 radical (unpaired) electrons. The number of benzene rings is 1. The maximum atomic E-state index is 13.9. The first-order valence-corrected chi connectivity index (χ1v) is 7.33. The van der Waals surface area contributed by atoms with E-state index in [9.17, 15) is 9.18 Å². The summed E-state index contributed by atoms with van der Waals surface area (Å²) in [4.78, 5) is 11.9. The zero-order chi connectivity index (χ0) is 17.0. The number of hydrogen-bond donors (Lipinski definition) is 1. The van der Waals surface area contributed by atoms with Crippen molar-refractivity contribution in [3.05, 3.63) is 47.4 Å². The molecule has 0 unspecified atom stereocenters. The number of nitrogens with one attached hydrogen (secondary N) is 1. The Morgan fingerprint density at radius 1 is 1.35 bits per heavy atom. The summed E-state index contributed by atoms with van der Waals surface area (Å²) in [7, 11) is 2.75. The van der Waals surface area contributed by atoms with Gasteiger partial charge in [-0.1, -0.05) is 13.8 Å². The molecule has 0 aromatic heterocycles. The van der Waals surface area contributed by atoms with Gasteiger partial charge in [-0.2, -0.15) is 0 Å². The second-order valence-corrected chi connectivity index (χ2v) is 5.64. The standard InChI is InChI=1S/C17H21FN2O3/c1-11(2)9-20-10-13(17(21)23-4)8-15(19-20)12-5-6-16(22-3)14(18)7-12/h5-8,10-11,19H,9H2,1-4H3. The summed E-state index contributed by atoms with van der Waals surface area (Å²) >= 11 is 0. The fourth-order valence-electron chi connectivity index (χ4n) is 2.28. The molecule has 1 aromatic carbocycles. The van der Waals surface area contributed by atoms with Gasteiger partial charge in [0, 0.05) is 18.3 Å². The normalized spacial score (nSPS) is 14.1. The van der Waals surface area contributed by atoms with Gasteiger partial charge in [0.2, 0.25) is 0 Å². The van der Waals surface area contributed by atoms with E-state index in [0.29, 0.717) is 29.3 Å². The lowest BCUT2D eigenvalue weighted by molar-refractivity contribution is -0.135. The topological polar surface area (TPSA) is 50.8 Å². The number of esters is 1. The highest BCUT2D eigenvalue weighted by atomic mass is 19.1. The van der Waals surface area contributed by atoms with Gasteiger partial charge >= 0.3 is 5.97 Å². The Morgan fingerprint density at radius 2 is 2.09 bits per heavy atom. The van der Waals surface area contributed by atoms with Crippen molar-refractivity contribution < 1.29 is 18.7 Å². The number of halogens is 1. The summed E-state index contributed by atoms with van der Waals surface area (Å²) in [5.41, 5.74) is 4.82. The number of hydrazine groups is 1. The van der Waals surface area contributed by atoms with E-state index in [0.717, 1.165) is 0 Å². The molecular weight excluding hydrogens is 299 g/mol. The smallest absolute Gasteiger partial charge is 0.339 e. The van der Waals surface area contributed by atoms with Crippen LogP contribution in [0.15, 0.2) is 36.0 Å². The molecule has 1 heterocycles. The Labute approximate surface area is 135 Å². The molecule has 5 nitrogen and oxygen atoms in total. The molecule has 0 atom stereocenters. The molecule has 0 amide bonds. The summed E-state index contributed by atoms with van der Waals surface area (Å²) < 4.78 is 23.6. The van der Waals surface area contributed by atoms with E-state index in [1.165, 1.54) is 20.3 Å². The average Bonchev–Trinajstić information content (AvgIpc) is 2.53. The van der Waals surface area contributed by atoms with Crippen LogP contribution in [0.2, 0.25) is 0 Å². The van der Waals surface area contributed by atoms with E-state index >= 15 is 0 Å². The quantitative estimate of drug-likeness (QED) is 0.846. The zero-order valence-electron chi connectivity index (χ0n) is 13.7. The Kier molecular flexibility index (Phi) is 5.26. The van der Waals surface area contributed by atoms with Crippen LogP contribution in [-0.2, 0) is 9.53 Å². The highest BCUT2D eigenvalue weighted by molar-refractivity contribution is 5.94. The Morgan fingerprint density at radius 3 is 2.65 bits per heavy atom. The molecule has 0 spiro atoms. The van der Waals surface area contributed by atoms with Crippen molar-refractivity contribution in [1.29, 1.82) is 0 Å². The zero-order valence-corrected chi connectivity index (χ0v) is 13.7. The number of carbonyl (C=O) groups is 1. The van der Waals surface area contributed by atoms with Crippen LogP contribution in [0.3, 0.4) is 0 Å². The third kappa shape index (κ3) is 4.03. The summed E-state index contributed by atoms with van der Waals surface area (Å²) in [5.74, 6) is -0.346. The van der Waals surface area contributed by atoms with Crippen molar-refractivity contribution in [2.24, 2.45) is 5.92 Å². The Hall–Kier alpha value is -2.50. The SMILES string of the molecule is COC(=O)C1=CN(CC(C)C)NC(c2ccc(OC)c(F)c2)=C1. The van der Waals surface area contributed by atoms with Crippen molar-refractivity contribution in [2.75, 3.05) is 20.8 Å². The van der Waals surface area contributed by atoms with Crippen LogP contribution in [0, 0.1) is 11.7 Å². The average molecular weight is 320 g/mol. The largest absolute Gasteiger partial charge is 0.494 e. The van der Waals surface area contributed by atoms with Crippen LogP contribution < -0.4 is 10.2 Å². The number of ether oxygens (including phenoxy) is 2. The van der Waals surface area contributed by atoms with Crippen LogP contribution in [0.4, 0.5) is 4.39 Å². The molecule has 1 aliphatic heterocycles. The first-order valence-electron chi connectivity index (χ1n) is 7.33. The molecule has 0 saturated carbocycles. The van der Waals surface area contributed by atoms with Gasteiger partial charge in [0.25, 0.3) is 0 Å². The highest BCUT2D eigenvalue weighted by Crippen LogP contribution is 2.25. The van der Waals surface area contributed by atoms with Gasteiger partial charge in [-0.25, -0.2) is 9.18 Å². The van der Waals surface area contributed by atoms with E-state index in [1.54, 1.807) is 29.4 Å². The summed E-state index contributed by atoms with van der Waals surface area (Å²) in [5, 5.41) is 1.80. The molecule has 1 aliphatic rings. The lowest BCUT2D eigenvalue weighted by Crippen LogP contribution is -2.38. The molecule has 0 bridgehead atoms. The van der Waals surface area contributed by atoms with E-state index in [1.807, 2.05) is 0 Å². The maximum Gasteiger partial charge on any atom is 0.339 e. The highest BCUT2D eigenvalue weighted by Gasteiger charge is 2.19. The van der Waals surface area contributed by atoms with E-state index in [2.05, 4.69) is 19.3 Å². The summed E-state index contributed by atoms with van der Waals surface area (Å²) in [6.07, 6.45) is 3.33. The first kappa shape index (κ1) is 16.9. The van der Waals surface area contributed by atoms with Gasteiger partial charge < -0.3 is 9.47 Å². The predicted octanol–water partition coefficient (Wildman–Crippen LogP) is 2.71. The minimum absolute atomic E-state index is 0.174. The lowest BCUT2D eigenvalue weighted by Gasteiger charge is -2.30. The van der Waals surface area contributed by atoms with Crippen LogP contribution in [0.5, 0.6) is 5.75 Å². The molecule has 2 rings (SSSR count). The number of hydrogen-bond acceptors (Lipinski definition) is 5. The molecule has 0 fully saturated rings. The second kappa shape index (κ2) is 7.17. The Bertz CT molecular complexity index is 653. The molecule has 124 valence electrons. The summed E-state index contributed by atoms with van der Waals surface area (Å²) in [6.45, 7) is 4.83. The van der Waals surface area contributed by atoms with Gasteiger partial charge in [-0.15, -0.1) is 0 Å². The molecule has 6 heteroatoms. The maximum absolute atomic E-state index is 13.9. The minimum atomic E-state index is -0.461. The fourth-order valence-corrected chi connectivity index (χ4v) is 2.28. The second-order valence-electron chi connectivity index (χ2n) is 5.64. The number of nitrogens with zero attached hydrogens (tertiary/aromatic N) is 1. The molecule has 0 aliphatic carbocycles. The van der Waals surface area contributed by atoms with Crippen molar-refractivity contribution in [3.8, 4) is 5.75 Å². The lowest BCUT2D eigenvalue weighted by atomic mass is 10.1. The first-order chi connectivity index (χ1) is 10.9. The van der Waals surface area contributed by atoms with Gasteiger partial charge in [-0.05, 0) is 30.2 Å². The Balaban J connectivity index is 2.36. The summed E-state index contributed by atoms with van der Waals surface area (Å²) in [6, 6.07) is 4.65. The third-order valence-corrected chi connectivity index (χ3v) is 3.30. The molecule has 23 heavy (non-hydrogen) atoms. The van der Waals surface area contributed by atoms with Crippen molar-refractivity contribution in [3.63, 3.8) is 0 Å². The molecule has 0 saturated heterocycles. The number of rotatable bonds is 5. The monoisotopic (exact) mass is 320 g/mol. The van der Waals surface area contributed by atoms with E-state index in [4.69, 9.17) is 9.47 Å². The van der Waals surface area contributed by atoms with Gasteiger partial charge in [0.1, 0.15) is 0 Å². The van der Waals surface area contributed by atoms with E-state index < -0.39 is 11.8 Å². The van der Waals surface area contributed by atoms with Crippen LogP contribution in [0.1, 0.15) is 19.4 Å². The molecule has 1 aromatic rings. The molecular formula is C17H21FN2O3. The minimum Gasteiger partial charge on any atom is -0.494 e. The van der Waals surface area contributed by atoms with Crippen molar-refractivity contribution in [1.82, 2.24) is 10.4 Å². The van der Waals surface area contributed by atoms with Crippen LogP contribution in [0.25, 0.3) is 5.70 Å². The van der Waals surface area contributed by atoms with E-state index in [-0.39, 0.29) is 5.75 Å². The fraction of sp³-hybridized carbons (Fsp3) is 0.353. The van der Waals surface area contributed by atoms with Crippen LogP contribution in [-0.4, -0.2) is 31.7 Å². The molecule has 1 N–H and O–H groups in total. The number of methoxy groups -OCH3 is 2. The van der Waals surface area contributed by atoms with Crippen LogP contribution >= 0.6 is 0 Å².